The molecule has 3 aromatic rings. The van der Waals surface area contributed by atoms with Crippen molar-refractivity contribution in [1.29, 1.82) is 0 Å². The van der Waals surface area contributed by atoms with Gasteiger partial charge in [0.15, 0.2) is 17.5 Å². The van der Waals surface area contributed by atoms with E-state index in [1.165, 1.54) is 6.07 Å². The summed E-state index contributed by atoms with van der Waals surface area (Å²) in [6.07, 6.45) is -2.58. The van der Waals surface area contributed by atoms with E-state index in [4.69, 9.17) is 5.11 Å². The first kappa shape index (κ1) is 31.6. The van der Waals surface area contributed by atoms with E-state index in [-0.39, 0.29) is 78.5 Å². The molecule has 4 N–H and O–H groups in total. The van der Waals surface area contributed by atoms with Gasteiger partial charge in [-0.3, -0.25) is 9.59 Å². The van der Waals surface area contributed by atoms with Crippen LogP contribution in [0.1, 0.15) is 61.0 Å². The zero-order valence-electron chi connectivity index (χ0n) is 20.7. The number of carboxylic acids is 1. The van der Waals surface area contributed by atoms with E-state index in [0.717, 1.165) is 17.7 Å². The van der Waals surface area contributed by atoms with E-state index in [1.54, 1.807) is 4.57 Å². The van der Waals surface area contributed by atoms with Crippen LogP contribution >= 0.6 is 0 Å². The molecule has 0 aliphatic carbocycles. The number of carboxylic acid groups (broad SMARTS) is 1. The Morgan fingerprint density at radius 2 is 1.71 bits per heavy atom. The molecule has 1 aromatic heterocycles. The Morgan fingerprint density at radius 3 is 2.32 bits per heavy atom. The van der Waals surface area contributed by atoms with Gasteiger partial charge in [0.2, 0.25) is 0 Å². The van der Waals surface area contributed by atoms with Gasteiger partial charge in [-0.05, 0) is 56.9 Å². The number of nitrogens with one attached hydrogen (secondary N) is 1. The third-order valence-corrected chi connectivity index (χ3v) is 5.89. The molecular formula is C27H32F2N3NaO5. The number of halogens is 2. The van der Waals surface area contributed by atoms with Gasteiger partial charge in [-0.1, -0.05) is 30.3 Å². The topological polar surface area (TPSA) is 125 Å². The Morgan fingerprint density at radius 1 is 1.03 bits per heavy atom. The normalized spacial score (nSPS) is 12.6. The van der Waals surface area contributed by atoms with Crippen LogP contribution in [0, 0.1) is 11.6 Å². The second-order valence-electron chi connectivity index (χ2n) is 9.17. The van der Waals surface area contributed by atoms with E-state index in [1.807, 2.05) is 44.2 Å². The number of aliphatic hydroxyl groups excluding tert-OH is 2. The molecule has 200 valence electrons. The molecule has 3 rings (SSSR count). The quantitative estimate of drug-likeness (QED) is 0.262. The van der Waals surface area contributed by atoms with Crippen molar-refractivity contribution in [3.05, 3.63) is 77.2 Å². The number of benzene rings is 2. The van der Waals surface area contributed by atoms with Crippen LogP contribution in [0.4, 0.5) is 8.78 Å². The minimum absolute atomic E-state index is 0. The summed E-state index contributed by atoms with van der Waals surface area (Å²) in [4.78, 5) is 28.5. The van der Waals surface area contributed by atoms with Crippen LogP contribution in [-0.2, 0) is 17.8 Å². The number of imidazole rings is 1. The molecule has 1 heterocycles. The first-order valence-electron chi connectivity index (χ1n) is 12.0. The molecule has 1 amide bonds. The molecule has 8 nitrogen and oxygen atoms in total. The molecule has 38 heavy (non-hydrogen) atoms. The van der Waals surface area contributed by atoms with E-state index < -0.39 is 42.1 Å². The van der Waals surface area contributed by atoms with Crippen LogP contribution in [0.2, 0.25) is 0 Å². The van der Waals surface area contributed by atoms with Crippen LogP contribution < -0.4 is 5.32 Å². The number of aliphatic carboxylic acids is 1. The molecule has 0 unspecified atom stereocenters. The van der Waals surface area contributed by atoms with Crippen molar-refractivity contribution in [3.8, 4) is 11.3 Å². The molecule has 0 aliphatic heterocycles. The Bertz CT molecular complexity index is 1240. The molecule has 0 bridgehead atoms. The summed E-state index contributed by atoms with van der Waals surface area (Å²) in [6, 6.07) is 12.4. The first-order valence-corrected chi connectivity index (χ1v) is 12.0. The van der Waals surface area contributed by atoms with Crippen LogP contribution in [0.25, 0.3) is 11.3 Å². The summed E-state index contributed by atoms with van der Waals surface area (Å²) in [5.41, 5.74) is 1.96. The number of carbonyl (C=O) groups excluding carboxylic acids is 1. The van der Waals surface area contributed by atoms with Gasteiger partial charge in [-0.2, -0.15) is 0 Å². The van der Waals surface area contributed by atoms with Gasteiger partial charge in [-0.25, -0.2) is 13.8 Å². The van der Waals surface area contributed by atoms with E-state index in [2.05, 4.69) is 10.3 Å². The average Bonchev–Trinajstić information content (AvgIpc) is 3.23. The maximum atomic E-state index is 14.1. The first-order chi connectivity index (χ1) is 17.6. The van der Waals surface area contributed by atoms with Crippen molar-refractivity contribution in [3.63, 3.8) is 0 Å². The molecule has 2 atom stereocenters. The molecule has 0 radical (unpaired) electrons. The van der Waals surface area contributed by atoms with Gasteiger partial charge in [0, 0.05) is 23.8 Å². The van der Waals surface area contributed by atoms with Crippen molar-refractivity contribution in [2.75, 3.05) is 0 Å². The van der Waals surface area contributed by atoms with Crippen LogP contribution in [0.15, 0.2) is 48.5 Å². The number of hydrogen-bond donors (Lipinski definition) is 4. The van der Waals surface area contributed by atoms with Gasteiger partial charge in [0.1, 0.15) is 0 Å². The molecule has 0 spiro atoms. The summed E-state index contributed by atoms with van der Waals surface area (Å²) >= 11 is 0. The van der Waals surface area contributed by atoms with Crippen molar-refractivity contribution >= 4 is 41.4 Å². The molecule has 0 saturated carbocycles. The number of rotatable bonds is 12. The predicted octanol–water partition coefficient (Wildman–Crippen LogP) is 3.21. The van der Waals surface area contributed by atoms with Gasteiger partial charge in [0.05, 0.1) is 24.3 Å². The molecule has 2 aromatic carbocycles. The van der Waals surface area contributed by atoms with Crippen LogP contribution in [-0.4, -0.2) is 78.5 Å². The van der Waals surface area contributed by atoms with Crippen molar-refractivity contribution in [2.45, 2.75) is 64.3 Å². The standard InChI is InChI=1S/C27H31F2N3O5.Na.H/c1-16(2)32-23(11-9-19(33)13-20(34)14-24(35)36)25(18-8-10-21(28)22(29)12-18)31-26(32)27(37)30-15-17-6-4-3-5-7-17;;/h3-8,10,12,16,19-20,33-34H,9,11,13-15H2,1-2H3,(H,30,37)(H,35,36);;/t19-,20-;;/m1../s1. The summed E-state index contributed by atoms with van der Waals surface area (Å²) in [7, 11) is 0. The summed E-state index contributed by atoms with van der Waals surface area (Å²) < 4.78 is 29.4. The molecule has 0 aliphatic rings. The Labute approximate surface area is 242 Å². The van der Waals surface area contributed by atoms with Crippen LogP contribution in [0.3, 0.4) is 0 Å². The van der Waals surface area contributed by atoms with Gasteiger partial charge in [-0.15, -0.1) is 0 Å². The molecule has 0 saturated heterocycles. The molecule has 0 fully saturated rings. The number of amides is 1. The maximum absolute atomic E-state index is 14.1. The summed E-state index contributed by atoms with van der Waals surface area (Å²) in [6.45, 7) is 3.96. The fraction of sp³-hybridized carbons (Fsp3) is 0.370. The van der Waals surface area contributed by atoms with E-state index in [9.17, 15) is 28.6 Å². The second kappa shape index (κ2) is 14.5. The summed E-state index contributed by atoms with van der Waals surface area (Å²) in [5.74, 6) is -3.62. The Hall–Kier alpha value is -2.63. The fourth-order valence-electron chi connectivity index (χ4n) is 4.17. The van der Waals surface area contributed by atoms with E-state index >= 15 is 0 Å². The monoisotopic (exact) mass is 539 g/mol. The number of hydrogen-bond acceptors (Lipinski definition) is 5. The van der Waals surface area contributed by atoms with Crippen molar-refractivity contribution in [2.24, 2.45) is 0 Å². The zero-order chi connectivity index (χ0) is 27.1. The van der Waals surface area contributed by atoms with Crippen LogP contribution in [0.5, 0.6) is 0 Å². The summed E-state index contributed by atoms with van der Waals surface area (Å²) in [5, 5.41) is 31.9. The Balaban J connectivity index is 0.00000507. The third-order valence-electron chi connectivity index (χ3n) is 5.89. The number of aromatic nitrogens is 2. The average molecular weight is 540 g/mol. The minimum atomic E-state index is -1.22. The van der Waals surface area contributed by atoms with E-state index in [0.29, 0.717) is 5.69 Å². The van der Waals surface area contributed by atoms with Crippen molar-refractivity contribution < 1.29 is 33.7 Å². The number of nitrogens with zero attached hydrogens (tertiary/aromatic N) is 2. The third kappa shape index (κ3) is 8.44. The number of carbonyl (C=O) groups is 2. The predicted molar refractivity (Wildman–Crippen MR) is 140 cm³/mol. The van der Waals surface area contributed by atoms with Gasteiger partial charge in [0.25, 0.3) is 5.91 Å². The van der Waals surface area contributed by atoms with Gasteiger partial charge >= 0.3 is 35.5 Å². The Kier molecular flexibility index (Phi) is 12.1. The SMILES string of the molecule is CC(C)n1c(C(=O)NCc2ccccc2)nc(-c2ccc(F)c(F)c2)c1CC[C@@H](O)C[C@@H](O)CC(=O)O.[NaH]. The molecular weight excluding hydrogens is 507 g/mol. The zero-order valence-corrected chi connectivity index (χ0v) is 20.7. The molecule has 11 heteroatoms. The second-order valence-corrected chi connectivity index (χ2v) is 9.17. The number of aliphatic hydroxyl groups is 2. The fourth-order valence-corrected chi connectivity index (χ4v) is 4.17. The van der Waals surface area contributed by atoms with Gasteiger partial charge < -0.3 is 25.2 Å². The van der Waals surface area contributed by atoms with Crippen molar-refractivity contribution in [1.82, 2.24) is 14.9 Å².